The Kier molecular flexibility index (Phi) is 6.19. The normalized spacial score (nSPS) is 23.1. The van der Waals surface area contributed by atoms with Gasteiger partial charge < -0.3 is 4.90 Å². The molecule has 1 unspecified atom stereocenters. The predicted molar refractivity (Wildman–Crippen MR) is 117 cm³/mol. The van der Waals surface area contributed by atoms with Gasteiger partial charge >= 0.3 is 0 Å². The number of hydrogen-bond acceptors (Lipinski definition) is 3. The number of aliphatic imine (C=N–C) groups is 1. The van der Waals surface area contributed by atoms with E-state index in [-0.39, 0.29) is 17.5 Å². The van der Waals surface area contributed by atoms with Gasteiger partial charge in [-0.25, -0.2) is 0 Å². The third-order valence-electron chi connectivity index (χ3n) is 5.63. The fraction of sp³-hybridized carbons (Fsp3) is 0.636. The lowest BCUT2D eigenvalue weighted by atomic mass is 9.87. The molecule has 1 saturated carbocycles. The van der Waals surface area contributed by atoms with Crippen molar-refractivity contribution < 1.29 is 4.79 Å². The number of rotatable bonds is 3. The Hall–Kier alpha value is -1.49. The number of benzene rings is 1. The highest BCUT2D eigenvalue weighted by Gasteiger charge is 2.35. The molecule has 4 nitrogen and oxygen atoms in total. The predicted octanol–water partition coefficient (Wildman–Crippen LogP) is 5.03. The monoisotopic (exact) mass is 387 g/mol. The highest BCUT2D eigenvalue weighted by atomic mass is 32.2. The van der Waals surface area contributed by atoms with E-state index in [0.717, 1.165) is 16.6 Å². The average Bonchev–Trinajstić information content (AvgIpc) is 2.96. The summed E-state index contributed by atoms with van der Waals surface area (Å²) in [5.74, 6) is 0.942. The van der Waals surface area contributed by atoms with Crippen LogP contribution in [-0.4, -0.2) is 41.0 Å². The highest BCUT2D eigenvalue weighted by Crippen LogP contribution is 2.32. The zero-order valence-electron chi connectivity index (χ0n) is 17.4. The minimum absolute atomic E-state index is 0.0235. The van der Waals surface area contributed by atoms with E-state index < -0.39 is 0 Å². The Balaban J connectivity index is 1.79. The lowest BCUT2D eigenvalue weighted by Gasteiger charge is -2.33. The second kappa shape index (κ2) is 8.26. The zero-order valence-corrected chi connectivity index (χ0v) is 18.2. The molecule has 27 heavy (non-hydrogen) atoms. The molecule has 2 aliphatic rings. The summed E-state index contributed by atoms with van der Waals surface area (Å²) in [6, 6.07) is 8.90. The van der Waals surface area contributed by atoms with Gasteiger partial charge in [-0.3, -0.25) is 14.7 Å². The van der Waals surface area contributed by atoms with Crippen molar-refractivity contribution in [1.29, 1.82) is 0 Å². The third-order valence-corrected chi connectivity index (χ3v) is 6.74. The first-order valence-corrected chi connectivity index (χ1v) is 11.1. The number of thioether (sulfide) groups is 1. The minimum Gasteiger partial charge on any atom is -0.333 e. The van der Waals surface area contributed by atoms with Crippen molar-refractivity contribution >= 4 is 28.5 Å². The van der Waals surface area contributed by atoms with Gasteiger partial charge in [0.1, 0.15) is 6.17 Å². The quantitative estimate of drug-likeness (QED) is 0.730. The standard InChI is InChI=1S/C22H33N3OS/c1-16(26)25(19-13-11-17(12-14-19)22(2,3)4)20-15-27-21(24(20)5)23-18-9-7-6-8-10-18/h11-14,18,20H,6-10,15H2,1-5H3. The molecule has 1 amide bonds. The van der Waals surface area contributed by atoms with Crippen molar-refractivity contribution in [3.63, 3.8) is 0 Å². The molecular formula is C22H33N3OS. The molecule has 1 aliphatic carbocycles. The summed E-state index contributed by atoms with van der Waals surface area (Å²) in [5.41, 5.74) is 2.36. The van der Waals surface area contributed by atoms with Crippen LogP contribution in [0, 0.1) is 0 Å². The van der Waals surface area contributed by atoms with Gasteiger partial charge in [0.2, 0.25) is 5.91 Å². The van der Waals surface area contributed by atoms with Crippen LogP contribution in [0.2, 0.25) is 0 Å². The maximum absolute atomic E-state index is 12.5. The van der Waals surface area contributed by atoms with Crippen LogP contribution in [0.4, 0.5) is 5.69 Å². The maximum Gasteiger partial charge on any atom is 0.225 e. The van der Waals surface area contributed by atoms with E-state index in [2.05, 4.69) is 57.0 Å². The van der Waals surface area contributed by atoms with E-state index in [1.165, 1.54) is 37.7 Å². The van der Waals surface area contributed by atoms with E-state index in [1.54, 1.807) is 18.7 Å². The van der Waals surface area contributed by atoms with Crippen molar-refractivity contribution in [1.82, 2.24) is 4.90 Å². The van der Waals surface area contributed by atoms with E-state index in [4.69, 9.17) is 4.99 Å². The van der Waals surface area contributed by atoms with Crippen LogP contribution in [0.5, 0.6) is 0 Å². The summed E-state index contributed by atoms with van der Waals surface area (Å²) in [7, 11) is 2.08. The lowest BCUT2D eigenvalue weighted by Crippen LogP contribution is -2.48. The molecule has 1 saturated heterocycles. The Bertz CT molecular complexity index is 687. The summed E-state index contributed by atoms with van der Waals surface area (Å²) in [4.78, 5) is 21.6. The van der Waals surface area contributed by atoms with E-state index >= 15 is 0 Å². The van der Waals surface area contributed by atoms with Crippen LogP contribution >= 0.6 is 11.8 Å². The van der Waals surface area contributed by atoms with Gasteiger partial charge in [-0.1, -0.05) is 63.9 Å². The van der Waals surface area contributed by atoms with Gasteiger partial charge in [-0.05, 0) is 36.0 Å². The number of carbonyl (C=O) groups excluding carboxylic acids is 1. The van der Waals surface area contributed by atoms with Crippen molar-refractivity contribution in [3.05, 3.63) is 29.8 Å². The summed E-state index contributed by atoms with van der Waals surface area (Å²) in [6.07, 6.45) is 6.35. The van der Waals surface area contributed by atoms with E-state index in [1.807, 2.05) is 4.90 Å². The molecule has 1 aromatic carbocycles. The first-order chi connectivity index (χ1) is 12.8. The zero-order chi connectivity index (χ0) is 19.6. The van der Waals surface area contributed by atoms with Crippen molar-refractivity contribution in [2.45, 2.75) is 77.4 Å². The number of anilines is 1. The Morgan fingerprint density at radius 3 is 2.33 bits per heavy atom. The summed E-state index contributed by atoms with van der Waals surface area (Å²) >= 11 is 1.78. The second-order valence-corrected chi connectivity index (χ2v) is 9.78. The van der Waals surface area contributed by atoms with Crippen molar-refractivity contribution in [3.8, 4) is 0 Å². The van der Waals surface area contributed by atoms with Crippen molar-refractivity contribution in [2.24, 2.45) is 4.99 Å². The molecule has 3 rings (SSSR count). The largest absolute Gasteiger partial charge is 0.333 e. The molecule has 1 aromatic rings. The average molecular weight is 388 g/mol. The number of amidine groups is 1. The van der Waals surface area contributed by atoms with Gasteiger partial charge in [0.15, 0.2) is 5.17 Å². The van der Waals surface area contributed by atoms with Gasteiger partial charge in [0, 0.05) is 25.4 Å². The van der Waals surface area contributed by atoms with Gasteiger partial charge in [-0.15, -0.1) is 0 Å². The molecule has 1 aliphatic heterocycles. The fourth-order valence-corrected chi connectivity index (χ4v) is 5.14. The summed E-state index contributed by atoms with van der Waals surface area (Å²) in [5, 5.41) is 1.09. The summed E-state index contributed by atoms with van der Waals surface area (Å²) < 4.78 is 0. The second-order valence-electron chi connectivity index (χ2n) is 8.79. The Morgan fingerprint density at radius 2 is 1.78 bits per heavy atom. The number of nitrogens with zero attached hydrogens (tertiary/aromatic N) is 3. The molecule has 1 heterocycles. The van der Waals surface area contributed by atoms with Crippen LogP contribution in [0.3, 0.4) is 0 Å². The van der Waals surface area contributed by atoms with Crippen molar-refractivity contribution in [2.75, 3.05) is 17.7 Å². The van der Waals surface area contributed by atoms with E-state index in [0.29, 0.717) is 6.04 Å². The van der Waals surface area contributed by atoms with Crippen LogP contribution in [0.25, 0.3) is 0 Å². The molecule has 0 aromatic heterocycles. The van der Waals surface area contributed by atoms with Crippen LogP contribution < -0.4 is 4.90 Å². The molecule has 2 fully saturated rings. The maximum atomic E-state index is 12.5. The van der Waals surface area contributed by atoms with Crippen LogP contribution in [0.15, 0.2) is 29.3 Å². The number of hydrogen-bond donors (Lipinski definition) is 0. The fourth-order valence-electron chi connectivity index (χ4n) is 3.92. The summed E-state index contributed by atoms with van der Waals surface area (Å²) in [6.45, 7) is 8.28. The molecule has 5 heteroatoms. The highest BCUT2D eigenvalue weighted by molar-refractivity contribution is 8.14. The Labute approximate surface area is 168 Å². The first-order valence-electron chi connectivity index (χ1n) is 10.1. The SMILES string of the molecule is CC(=O)N(c1ccc(C(C)(C)C)cc1)C1CSC(=NC2CCCCC2)N1C. The molecular weight excluding hydrogens is 354 g/mol. The topological polar surface area (TPSA) is 35.9 Å². The molecule has 0 radical (unpaired) electrons. The molecule has 0 spiro atoms. The first kappa shape index (κ1) is 20.2. The lowest BCUT2D eigenvalue weighted by molar-refractivity contribution is -0.117. The Morgan fingerprint density at radius 1 is 1.15 bits per heavy atom. The minimum atomic E-state index is 0.0235. The van der Waals surface area contributed by atoms with Gasteiger partial charge in [-0.2, -0.15) is 0 Å². The molecule has 0 N–H and O–H groups in total. The van der Waals surface area contributed by atoms with Gasteiger partial charge in [0.25, 0.3) is 0 Å². The van der Waals surface area contributed by atoms with Gasteiger partial charge in [0.05, 0.1) is 6.04 Å². The molecule has 1 atom stereocenters. The smallest absolute Gasteiger partial charge is 0.225 e. The third kappa shape index (κ3) is 4.68. The van der Waals surface area contributed by atoms with Crippen LogP contribution in [-0.2, 0) is 10.2 Å². The molecule has 148 valence electrons. The number of amides is 1. The van der Waals surface area contributed by atoms with E-state index in [9.17, 15) is 4.79 Å². The molecule has 0 bridgehead atoms. The van der Waals surface area contributed by atoms with Crippen LogP contribution in [0.1, 0.15) is 65.4 Å². The number of carbonyl (C=O) groups is 1.